The van der Waals surface area contributed by atoms with E-state index in [9.17, 15) is 4.79 Å². The predicted octanol–water partition coefficient (Wildman–Crippen LogP) is 1.68. The van der Waals surface area contributed by atoms with Gasteiger partial charge in [-0.1, -0.05) is 6.58 Å². The van der Waals surface area contributed by atoms with E-state index in [1.807, 2.05) is 27.8 Å². The maximum absolute atomic E-state index is 11.8. The van der Waals surface area contributed by atoms with Gasteiger partial charge in [0.15, 0.2) is 0 Å². The first-order chi connectivity index (χ1) is 6.79. The van der Waals surface area contributed by atoms with Crippen LogP contribution >= 0.6 is 0 Å². The van der Waals surface area contributed by atoms with Gasteiger partial charge in [-0.05, 0) is 27.8 Å². The van der Waals surface area contributed by atoms with Gasteiger partial charge < -0.3 is 4.74 Å². The van der Waals surface area contributed by atoms with E-state index in [1.165, 1.54) is 0 Å². The van der Waals surface area contributed by atoms with Gasteiger partial charge in [0, 0.05) is 25.3 Å². The summed E-state index contributed by atoms with van der Waals surface area (Å²) in [4.78, 5) is 15.5. The van der Waals surface area contributed by atoms with E-state index in [1.54, 1.807) is 4.90 Å². The second-order valence-corrected chi connectivity index (χ2v) is 4.94. The summed E-state index contributed by atoms with van der Waals surface area (Å²) in [5.41, 5.74) is 0.360. The average Bonchev–Trinajstić information content (AvgIpc) is 1.99. The zero-order valence-electron chi connectivity index (χ0n) is 10.0. The minimum atomic E-state index is -0.444. The van der Waals surface area contributed by atoms with Crippen molar-refractivity contribution in [3.63, 3.8) is 0 Å². The normalized spacial score (nSPS) is 19.2. The van der Waals surface area contributed by atoms with E-state index < -0.39 is 5.60 Å². The monoisotopic (exact) mass is 212 g/mol. The first-order valence-electron chi connectivity index (χ1n) is 5.16. The molecule has 1 aliphatic heterocycles. The first kappa shape index (κ1) is 12.0. The van der Waals surface area contributed by atoms with Crippen molar-refractivity contribution in [2.75, 3.05) is 26.7 Å². The molecule has 4 nitrogen and oxygen atoms in total. The number of carbonyl (C=O) groups is 1. The smallest absolute Gasteiger partial charge is 0.414 e. The molecule has 0 saturated carbocycles. The maximum atomic E-state index is 11.8. The van der Waals surface area contributed by atoms with Crippen molar-refractivity contribution in [3.05, 3.63) is 12.3 Å². The number of hydrogen-bond donors (Lipinski definition) is 0. The van der Waals surface area contributed by atoms with Crippen LogP contribution in [0.5, 0.6) is 0 Å². The van der Waals surface area contributed by atoms with Gasteiger partial charge in [0.1, 0.15) is 5.60 Å². The summed E-state index contributed by atoms with van der Waals surface area (Å²) < 4.78 is 5.29. The fourth-order valence-corrected chi connectivity index (χ4v) is 1.44. The van der Waals surface area contributed by atoms with Gasteiger partial charge >= 0.3 is 6.09 Å². The SMILES string of the molecule is C=C1CN(C)CCN1C(=O)OC(C)(C)C. The van der Waals surface area contributed by atoms with Crippen molar-refractivity contribution in [3.8, 4) is 0 Å². The molecule has 1 saturated heterocycles. The Labute approximate surface area is 91.5 Å². The summed E-state index contributed by atoms with van der Waals surface area (Å²) in [6.07, 6.45) is -0.291. The summed E-state index contributed by atoms with van der Waals surface area (Å²) in [5.74, 6) is 0. The van der Waals surface area contributed by atoms with Crippen molar-refractivity contribution >= 4 is 6.09 Å². The topological polar surface area (TPSA) is 32.8 Å². The van der Waals surface area contributed by atoms with Crippen LogP contribution in [-0.4, -0.2) is 48.2 Å². The van der Waals surface area contributed by atoms with E-state index in [0.717, 1.165) is 18.8 Å². The molecular weight excluding hydrogens is 192 g/mol. The van der Waals surface area contributed by atoms with E-state index in [-0.39, 0.29) is 6.09 Å². The summed E-state index contributed by atoms with van der Waals surface area (Å²) >= 11 is 0. The largest absolute Gasteiger partial charge is 0.443 e. The minimum absolute atomic E-state index is 0.291. The molecule has 1 rings (SSSR count). The fraction of sp³-hybridized carbons (Fsp3) is 0.727. The lowest BCUT2D eigenvalue weighted by molar-refractivity contribution is 0.0254. The molecule has 1 heterocycles. The highest BCUT2D eigenvalue weighted by Gasteiger charge is 2.27. The standard InChI is InChI=1S/C11H20N2O2/c1-9-8-12(5)6-7-13(9)10(14)15-11(2,3)4/h1,6-8H2,2-5H3. The van der Waals surface area contributed by atoms with Crippen LogP contribution in [0.4, 0.5) is 4.79 Å². The van der Waals surface area contributed by atoms with Crippen LogP contribution < -0.4 is 0 Å². The summed E-state index contributed by atoms with van der Waals surface area (Å²) in [5, 5.41) is 0. The molecule has 0 radical (unpaired) electrons. The molecule has 0 bridgehead atoms. The molecule has 0 aromatic heterocycles. The number of nitrogens with zero attached hydrogens (tertiary/aromatic N) is 2. The van der Waals surface area contributed by atoms with Crippen molar-refractivity contribution < 1.29 is 9.53 Å². The highest BCUT2D eigenvalue weighted by Crippen LogP contribution is 2.15. The predicted molar refractivity (Wildman–Crippen MR) is 59.6 cm³/mol. The Morgan fingerprint density at radius 3 is 2.47 bits per heavy atom. The molecule has 0 N–H and O–H groups in total. The van der Waals surface area contributed by atoms with Gasteiger partial charge in [0.05, 0.1) is 0 Å². The van der Waals surface area contributed by atoms with E-state index in [4.69, 9.17) is 4.74 Å². The third-order valence-corrected chi connectivity index (χ3v) is 2.15. The Hall–Kier alpha value is -1.03. The minimum Gasteiger partial charge on any atom is -0.443 e. The van der Waals surface area contributed by atoms with Crippen LogP contribution in [0.3, 0.4) is 0 Å². The Morgan fingerprint density at radius 1 is 1.40 bits per heavy atom. The molecule has 4 heteroatoms. The quantitative estimate of drug-likeness (QED) is 0.612. The molecule has 15 heavy (non-hydrogen) atoms. The molecule has 0 unspecified atom stereocenters. The molecule has 86 valence electrons. The Bertz CT molecular complexity index is 268. The van der Waals surface area contributed by atoms with Gasteiger partial charge in [0.25, 0.3) is 0 Å². The Balaban J connectivity index is 2.57. The van der Waals surface area contributed by atoms with E-state index >= 15 is 0 Å². The van der Waals surface area contributed by atoms with Gasteiger partial charge in [-0.2, -0.15) is 0 Å². The third-order valence-electron chi connectivity index (χ3n) is 2.15. The molecule has 1 aliphatic rings. The summed E-state index contributed by atoms with van der Waals surface area (Å²) in [6.45, 7) is 11.7. The number of ether oxygens (including phenoxy) is 1. The molecular formula is C11H20N2O2. The van der Waals surface area contributed by atoms with Crippen molar-refractivity contribution in [1.82, 2.24) is 9.80 Å². The van der Waals surface area contributed by atoms with Crippen molar-refractivity contribution in [1.29, 1.82) is 0 Å². The Morgan fingerprint density at radius 2 is 2.00 bits per heavy atom. The highest BCUT2D eigenvalue weighted by atomic mass is 16.6. The van der Waals surface area contributed by atoms with Crippen molar-refractivity contribution in [2.24, 2.45) is 0 Å². The molecule has 0 aliphatic carbocycles. The van der Waals surface area contributed by atoms with Crippen LogP contribution in [-0.2, 0) is 4.74 Å². The molecule has 0 aromatic rings. The van der Waals surface area contributed by atoms with Crippen LogP contribution in [0.2, 0.25) is 0 Å². The van der Waals surface area contributed by atoms with E-state index in [2.05, 4.69) is 11.5 Å². The Kier molecular flexibility index (Phi) is 3.39. The summed E-state index contributed by atoms with van der Waals surface area (Å²) in [6, 6.07) is 0. The molecule has 1 fully saturated rings. The second-order valence-electron chi connectivity index (χ2n) is 4.94. The number of likely N-dealkylation sites (N-methyl/N-ethyl adjacent to an activating group) is 1. The second kappa shape index (κ2) is 4.23. The molecule has 0 aromatic carbocycles. The number of rotatable bonds is 0. The molecule has 1 amide bonds. The average molecular weight is 212 g/mol. The number of hydrogen-bond acceptors (Lipinski definition) is 3. The van der Waals surface area contributed by atoms with Gasteiger partial charge in [-0.25, -0.2) is 4.79 Å². The zero-order valence-corrected chi connectivity index (χ0v) is 10.0. The maximum Gasteiger partial charge on any atom is 0.414 e. The van der Waals surface area contributed by atoms with Crippen LogP contribution in [0.15, 0.2) is 12.3 Å². The first-order valence-corrected chi connectivity index (χ1v) is 5.16. The number of amides is 1. The summed E-state index contributed by atoms with van der Waals surface area (Å²) in [7, 11) is 2.01. The van der Waals surface area contributed by atoms with Gasteiger partial charge in [-0.15, -0.1) is 0 Å². The van der Waals surface area contributed by atoms with Crippen molar-refractivity contribution in [2.45, 2.75) is 26.4 Å². The van der Waals surface area contributed by atoms with Gasteiger partial charge in [0.2, 0.25) is 0 Å². The molecule has 0 atom stereocenters. The van der Waals surface area contributed by atoms with Crippen LogP contribution in [0.1, 0.15) is 20.8 Å². The van der Waals surface area contributed by atoms with E-state index in [0.29, 0.717) is 6.54 Å². The van der Waals surface area contributed by atoms with Crippen LogP contribution in [0, 0.1) is 0 Å². The number of carbonyl (C=O) groups excluding carboxylic acids is 1. The fourth-order valence-electron chi connectivity index (χ4n) is 1.44. The number of piperazine rings is 1. The lowest BCUT2D eigenvalue weighted by Crippen LogP contribution is -2.46. The third kappa shape index (κ3) is 3.55. The van der Waals surface area contributed by atoms with Gasteiger partial charge in [-0.3, -0.25) is 9.80 Å². The zero-order chi connectivity index (χ0) is 11.6. The highest BCUT2D eigenvalue weighted by molar-refractivity contribution is 5.70. The lowest BCUT2D eigenvalue weighted by atomic mass is 10.2. The van der Waals surface area contributed by atoms with Crippen LogP contribution in [0.25, 0.3) is 0 Å². The lowest BCUT2D eigenvalue weighted by Gasteiger charge is -2.35. The molecule has 0 spiro atoms.